The van der Waals surface area contributed by atoms with Crippen molar-refractivity contribution in [2.75, 3.05) is 0 Å². The molecule has 0 fully saturated rings. The Labute approximate surface area is 78.3 Å². The van der Waals surface area contributed by atoms with Gasteiger partial charge in [-0.2, -0.15) is 0 Å². The third-order valence-corrected chi connectivity index (χ3v) is 2.22. The first-order valence-electron chi connectivity index (χ1n) is 3.34. The average molecular weight is 233 g/mol. The molecule has 1 rings (SSSR count). The predicted octanol–water partition coefficient (Wildman–Crippen LogP) is 0.576. The van der Waals surface area contributed by atoms with Gasteiger partial charge < -0.3 is 10.0 Å². The number of rotatable bonds is 1. The number of benzene rings is 1. The van der Waals surface area contributed by atoms with Gasteiger partial charge in [0.05, 0.1) is 4.47 Å². The summed E-state index contributed by atoms with van der Waals surface area (Å²) in [6, 6.07) is 3.14. The average Bonchev–Trinajstić information content (AvgIpc) is 1.97. The van der Waals surface area contributed by atoms with Crippen LogP contribution in [0.1, 0.15) is 5.56 Å². The molecule has 5 heteroatoms. The minimum Gasteiger partial charge on any atom is -0.423 e. The zero-order chi connectivity index (χ0) is 9.30. The van der Waals surface area contributed by atoms with Crippen molar-refractivity contribution >= 4 is 28.5 Å². The second-order valence-corrected chi connectivity index (χ2v) is 3.32. The molecule has 0 aliphatic heterocycles. The van der Waals surface area contributed by atoms with E-state index < -0.39 is 12.9 Å². The summed E-state index contributed by atoms with van der Waals surface area (Å²) in [5.41, 5.74) is 0.440. The molecule has 2 N–H and O–H groups in total. The molecule has 1 aromatic carbocycles. The smallest absolute Gasteiger partial charge is 0.423 e. The van der Waals surface area contributed by atoms with Gasteiger partial charge in [0.1, 0.15) is 5.82 Å². The SMILES string of the molecule is Cc1ccc(Br)c(F)c1B(O)O. The maximum atomic E-state index is 13.1. The van der Waals surface area contributed by atoms with Crippen molar-refractivity contribution in [3.05, 3.63) is 28.0 Å². The van der Waals surface area contributed by atoms with Crippen molar-refractivity contribution in [2.45, 2.75) is 6.92 Å². The topological polar surface area (TPSA) is 40.5 Å². The predicted molar refractivity (Wildman–Crippen MR) is 48.7 cm³/mol. The first kappa shape index (κ1) is 9.70. The molecule has 64 valence electrons. The van der Waals surface area contributed by atoms with Crippen molar-refractivity contribution in [1.29, 1.82) is 0 Å². The third kappa shape index (κ3) is 1.68. The highest BCUT2D eigenvalue weighted by Gasteiger charge is 2.20. The van der Waals surface area contributed by atoms with E-state index >= 15 is 0 Å². The molecule has 0 aliphatic carbocycles. The summed E-state index contributed by atoms with van der Waals surface area (Å²) in [5, 5.41) is 17.6. The molecule has 1 aromatic rings. The van der Waals surface area contributed by atoms with Crippen LogP contribution in [-0.2, 0) is 0 Å². The Morgan fingerprint density at radius 1 is 1.42 bits per heavy atom. The molecule has 2 nitrogen and oxygen atoms in total. The Kier molecular flexibility index (Phi) is 2.87. The molecule has 0 saturated heterocycles. The lowest BCUT2D eigenvalue weighted by molar-refractivity contribution is 0.422. The standard InChI is InChI=1S/C7H7BBrFO2/c1-4-2-3-5(9)7(10)6(4)8(11)12/h2-3,11-12H,1H3. The number of hydrogen-bond donors (Lipinski definition) is 2. The van der Waals surface area contributed by atoms with Gasteiger partial charge in [-0.1, -0.05) is 6.07 Å². The lowest BCUT2D eigenvalue weighted by Crippen LogP contribution is -2.35. The summed E-state index contributed by atoms with van der Waals surface area (Å²) in [4.78, 5) is 0. The second kappa shape index (κ2) is 3.55. The van der Waals surface area contributed by atoms with Crippen LogP contribution in [0.5, 0.6) is 0 Å². The maximum Gasteiger partial charge on any atom is 0.491 e. The number of halogens is 2. The minimum absolute atomic E-state index is 0.0793. The van der Waals surface area contributed by atoms with Crippen molar-refractivity contribution < 1.29 is 14.4 Å². The molecular weight excluding hydrogens is 226 g/mol. The lowest BCUT2D eigenvalue weighted by atomic mass is 9.77. The molecule has 0 aromatic heterocycles. The van der Waals surface area contributed by atoms with Crippen molar-refractivity contribution in [3.8, 4) is 0 Å². The van der Waals surface area contributed by atoms with Crippen LogP contribution in [0, 0.1) is 12.7 Å². The summed E-state index contributed by atoms with van der Waals surface area (Å²) in [6.07, 6.45) is 0. The van der Waals surface area contributed by atoms with Gasteiger partial charge in [-0.15, -0.1) is 0 Å². The van der Waals surface area contributed by atoms with Crippen LogP contribution in [0.3, 0.4) is 0 Å². The largest absolute Gasteiger partial charge is 0.491 e. The molecule has 12 heavy (non-hydrogen) atoms. The van der Waals surface area contributed by atoms with Crippen molar-refractivity contribution in [3.63, 3.8) is 0 Å². The van der Waals surface area contributed by atoms with E-state index in [2.05, 4.69) is 15.9 Å². The van der Waals surface area contributed by atoms with Crippen LogP contribution in [0.15, 0.2) is 16.6 Å². The van der Waals surface area contributed by atoms with E-state index in [4.69, 9.17) is 10.0 Å². The Hall–Kier alpha value is -0.385. The Bertz CT molecular complexity index is 304. The Morgan fingerprint density at radius 3 is 2.42 bits per heavy atom. The van der Waals surface area contributed by atoms with Crippen LogP contribution >= 0.6 is 15.9 Å². The van der Waals surface area contributed by atoms with E-state index in [0.29, 0.717) is 5.56 Å². The van der Waals surface area contributed by atoms with E-state index in [9.17, 15) is 4.39 Å². The summed E-state index contributed by atoms with van der Waals surface area (Å²) >= 11 is 2.95. The summed E-state index contributed by atoms with van der Waals surface area (Å²) < 4.78 is 13.4. The molecule has 0 atom stereocenters. The Balaban J connectivity index is 3.33. The zero-order valence-electron chi connectivity index (χ0n) is 6.38. The summed E-state index contributed by atoms with van der Waals surface area (Å²) in [6.45, 7) is 1.62. The van der Waals surface area contributed by atoms with Gasteiger partial charge in [0.25, 0.3) is 0 Å². The van der Waals surface area contributed by atoms with Gasteiger partial charge in [0, 0.05) is 5.46 Å². The van der Waals surface area contributed by atoms with E-state index in [1.807, 2.05) is 0 Å². The quantitative estimate of drug-likeness (QED) is 0.696. The Morgan fingerprint density at radius 2 is 2.00 bits per heavy atom. The molecule has 0 spiro atoms. The molecule has 0 saturated carbocycles. The second-order valence-electron chi connectivity index (χ2n) is 2.47. The van der Waals surface area contributed by atoms with Crippen LogP contribution < -0.4 is 5.46 Å². The molecule has 0 bridgehead atoms. The van der Waals surface area contributed by atoms with Crippen LogP contribution in [0.4, 0.5) is 4.39 Å². The highest BCUT2D eigenvalue weighted by Crippen LogP contribution is 2.14. The summed E-state index contributed by atoms with van der Waals surface area (Å²) in [7, 11) is -1.76. The molecule has 0 unspecified atom stereocenters. The minimum atomic E-state index is -1.76. The first-order chi connectivity index (χ1) is 5.54. The fourth-order valence-electron chi connectivity index (χ4n) is 0.980. The first-order valence-corrected chi connectivity index (χ1v) is 4.14. The number of aryl methyl sites for hydroxylation is 1. The highest BCUT2D eigenvalue weighted by atomic mass is 79.9. The van der Waals surface area contributed by atoms with Crippen molar-refractivity contribution in [2.24, 2.45) is 0 Å². The van der Waals surface area contributed by atoms with Crippen molar-refractivity contribution in [1.82, 2.24) is 0 Å². The molecule has 0 heterocycles. The monoisotopic (exact) mass is 232 g/mol. The zero-order valence-corrected chi connectivity index (χ0v) is 7.97. The van der Waals surface area contributed by atoms with E-state index in [-0.39, 0.29) is 9.94 Å². The van der Waals surface area contributed by atoms with Gasteiger partial charge in [-0.05, 0) is 34.5 Å². The molecular formula is C7H7BBrFO2. The third-order valence-electron chi connectivity index (χ3n) is 1.61. The maximum absolute atomic E-state index is 13.1. The van der Waals surface area contributed by atoms with Gasteiger partial charge in [-0.3, -0.25) is 0 Å². The number of hydrogen-bond acceptors (Lipinski definition) is 2. The van der Waals surface area contributed by atoms with Gasteiger partial charge >= 0.3 is 7.12 Å². The van der Waals surface area contributed by atoms with Crippen LogP contribution in [0.2, 0.25) is 0 Å². The summed E-state index contributed by atoms with van der Waals surface area (Å²) in [5.74, 6) is -0.620. The highest BCUT2D eigenvalue weighted by molar-refractivity contribution is 9.10. The van der Waals surface area contributed by atoms with Crippen LogP contribution in [-0.4, -0.2) is 17.2 Å². The molecule has 0 radical (unpaired) electrons. The fraction of sp³-hybridized carbons (Fsp3) is 0.143. The van der Waals surface area contributed by atoms with Gasteiger partial charge in [-0.25, -0.2) is 4.39 Å². The van der Waals surface area contributed by atoms with E-state index in [1.165, 1.54) is 6.07 Å². The normalized spacial score (nSPS) is 10.1. The molecule has 0 amide bonds. The van der Waals surface area contributed by atoms with Crippen LogP contribution in [0.25, 0.3) is 0 Å². The lowest BCUT2D eigenvalue weighted by Gasteiger charge is -2.06. The van der Waals surface area contributed by atoms with E-state index in [1.54, 1.807) is 13.0 Å². The van der Waals surface area contributed by atoms with E-state index in [0.717, 1.165) is 0 Å². The fourth-order valence-corrected chi connectivity index (χ4v) is 1.33. The van der Waals surface area contributed by atoms with Gasteiger partial charge in [0.15, 0.2) is 0 Å². The van der Waals surface area contributed by atoms with Gasteiger partial charge in [0.2, 0.25) is 0 Å². The molecule has 0 aliphatic rings.